The highest BCUT2D eigenvalue weighted by atomic mass is 32.2. The predicted octanol–water partition coefficient (Wildman–Crippen LogP) is 0.0730. The van der Waals surface area contributed by atoms with Gasteiger partial charge in [-0.2, -0.15) is 12.7 Å². The van der Waals surface area contributed by atoms with Crippen LogP contribution in [0.1, 0.15) is 12.8 Å². The summed E-state index contributed by atoms with van der Waals surface area (Å²) < 4.78 is 26.6. The SMILES string of the molecule is O=C(O)C1CCN(S(=O)(=O)Nn2cccc2)CC1. The standard InChI is InChI=1S/C10H15N3O4S/c14-10(15)9-3-7-13(8-4-9)18(16,17)11-12-5-1-2-6-12/h1-2,5-6,9,11H,3-4,7-8H2,(H,14,15). The number of rotatable bonds is 4. The minimum absolute atomic E-state index is 0.230. The van der Waals surface area contributed by atoms with E-state index >= 15 is 0 Å². The van der Waals surface area contributed by atoms with Gasteiger partial charge in [0.05, 0.1) is 5.92 Å². The maximum Gasteiger partial charge on any atom is 0.315 e. The van der Waals surface area contributed by atoms with E-state index in [1.54, 1.807) is 24.5 Å². The Bertz CT molecular complexity index is 503. The third-order valence-corrected chi connectivity index (χ3v) is 4.45. The molecule has 7 nitrogen and oxygen atoms in total. The Labute approximate surface area is 105 Å². The third kappa shape index (κ3) is 2.82. The number of nitrogens with one attached hydrogen (secondary N) is 1. The molecule has 2 N–H and O–H groups in total. The van der Waals surface area contributed by atoms with Crippen molar-refractivity contribution >= 4 is 16.2 Å². The second kappa shape index (κ2) is 4.99. The fraction of sp³-hybridized carbons (Fsp3) is 0.500. The molecule has 0 bridgehead atoms. The lowest BCUT2D eigenvalue weighted by Gasteiger charge is -2.29. The van der Waals surface area contributed by atoms with Gasteiger partial charge in [0, 0.05) is 25.5 Å². The Morgan fingerprint density at radius 2 is 1.78 bits per heavy atom. The largest absolute Gasteiger partial charge is 0.481 e. The van der Waals surface area contributed by atoms with Crippen LogP contribution in [0.15, 0.2) is 24.5 Å². The lowest BCUT2D eigenvalue weighted by atomic mass is 9.99. The van der Waals surface area contributed by atoms with E-state index in [0.29, 0.717) is 12.8 Å². The van der Waals surface area contributed by atoms with E-state index in [0.717, 1.165) is 0 Å². The predicted molar refractivity (Wildman–Crippen MR) is 64.6 cm³/mol. The third-order valence-electron chi connectivity index (χ3n) is 2.97. The molecule has 1 saturated heterocycles. The van der Waals surface area contributed by atoms with Crippen LogP contribution in [0.3, 0.4) is 0 Å². The molecule has 1 aliphatic heterocycles. The molecule has 0 aliphatic carbocycles. The van der Waals surface area contributed by atoms with Crippen molar-refractivity contribution in [2.75, 3.05) is 17.9 Å². The first-order valence-electron chi connectivity index (χ1n) is 5.63. The molecule has 2 heterocycles. The van der Waals surface area contributed by atoms with Crippen LogP contribution < -0.4 is 4.83 Å². The molecule has 1 aromatic rings. The van der Waals surface area contributed by atoms with Crippen molar-refractivity contribution in [2.45, 2.75) is 12.8 Å². The number of carboxylic acid groups (broad SMARTS) is 1. The molecule has 1 fully saturated rings. The van der Waals surface area contributed by atoms with Gasteiger partial charge in [-0.15, -0.1) is 0 Å². The number of hydrogen-bond acceptors (Lipinski definition) is 3. The van der Waals surface area contributed by atoms with E-state index in [1.807, 2.05) is 0 Å². The molecule has 0 atom stereocenters. The second-order valence-electron chi connectivity index (χ2n) is 4.20. The normalized spacial score (nSPS) is 18.7. The number of carbonyl (C=O) groups is 1. The minimum Gasteiger partial charge on any atom is -0.481 e. The van der Waals surface area contributed by atoms with Crippen molar-refractivity contribution in [1.29, 1.82) is 0 Å². The summed E-state index contributed by atoms with van der Waals surface area (Å²) in [5.41, 5.74) is 0. The van der Waals surface area contributed by atoms with Gasteiger partial charge in [0.15, 0.2) is 0 Å². The summed E-state index contributed by atoms with van der Waals surface area (Å²) >= 11 is 0. The van der Waals surface area contributed by atoms with Crippen LogP contribution in [-0.4, -0.2) is 41.6 Å². The molecular formula is C10H15N3O4S. The van der Waals surface area contributed by atoms with Crippen LogP contribution in [0.5, 0.6) is 0 Å². The smallest absolute Gasteiger partial charge is 0.315 e. The van der Waals surface area contributed by atoms with E-state index < -0.39 is 22.1 Å². The first-order valence-corrected chi connectivity index (χ1v) is 7.07. The summed E-state index contributed by atoms with van der Waals surface area (Å²) in [6.07, 6.45) is 3.87. The van der Waals surface area contributed by atoms with E-state index in [4.69, 9.17) is 5.11 Å². The quantitative estimate of drug-likeness (QED) is 0.812. The van der Waals surface area contributed by atoms with Gasteiger partial charge in [0.25, 0.3) is 0 Å². The Hall–Kier alpha value is -1.54. The number of nitrogens with zero attached hydrogens (tertiary/aromatic N) is 2. The Kier molecular flexibility index (Phi) is 3.58. The second-order valence-corrected chi connectivity index (χ2v) is 5.85. The average Bonchev–Trinajstić information content (AvgIpc) is 2.81. The zero-order chi connectivity index (χ0) is 13.2. The van der Waals surface area contributed by atoms with Crippen LogP contribution in [0.25, 0.3) is 0 Å². The topological polar surface area (TPSA) is 91.6 Å². The van der Waals surface area contributed by atoms with Gasteiger partial charge in [-0.3, -0.25) is 9.47 Å². The summed E-state index contributed by atoms with van der Waals surface area (Å²) in [5, 5.41) is 8.85. The first kappa shape index (κ1) is 12.9. The van der Waals surface area contributed by atoms with Crippen LogP contribution in [-0.2, 0) is 15.0 Å². The summed E-state index contributed by atoms with van der Waals surface area (Å²) in [4.78, 5) is 13.2. The number of aromatic nitrogens is 1. The van der Waals surface area contributed by atoms with Gasteiger partial charge in [0.1, 0.15) is 0 Å². The molecule has 100 valence electrons. The van der Waals surface area contributed by atoms with Crippen molar-refractivity contribution in [2.24, 2.45) is 5.92 Å². The number of carboxylic acids is 1. The molecule has 0 saturated carbocycles. The number of aliphatic carboxylic acids is 1. The average molecular weight is 273 g/mol. The summed E-state index contributed by atoms with van der Waals surface area (Å²) in [7, 11) is -3.60. The Balaban J connectivity index is 1.98. The maximum absolute atomic E-state index is 12.0. The Morgan fingerprint density at radius 3 is 2.28 bits per heavy atom. The summed E-state index contributed by atoms with van der Waals surface area (Å²) in [5.74, 6) is -1.30. The van der Waals surface area contributed by atoms with E-state index in [-0.39, 0.29) is 13.1 Å². The van der Waals surface area contributed by atoms with Gasteiger partial charge < -0.3 is 5.11 Å². The zero-order valence-electron chi connectivity index (χ0n) is 9.69. The number of hydrogen-bond donors (Lipinski definition) is 2. The highest BCUT2D eigenvalue weighted by Crippen LogP contribution is 2.19. The monoisotopic (exact) mass is 273 g/mol. The van der Waals surface area contributed by atoms with E-state index in [9.17, 15) is 13.2 Å². The number of piperidine rings is 1. The molecule has 0 aromatic carbocycles. The summed E-state index contributed by atoms with van der Waals surface area (Å²) in [6, 6.07) is 3.42. The van der Waals surface area contributed by atoms with Crippen molar-refractivity contribution in [3.05, 3.63) is 24.5 Å². The highest BCUT2D eigenvalue weighted by Gasteiger charge is 2.30. The first-order chi connectivity index (χ1) is 8.49. The maximum atomic E-state index is 12.0. The lowest BCUT2D eigenvalue weighted by Crippen LogP contribution is -2.44. The van der Waals surface area contributed by atoms with E-state index in [2.05, 4.69) is 4.83 Å². The van der Waals surface area contributed by atoms with Crippen molar-refractivity contribution in [3.8, 4) is 0 Å². The van der Waals surface area contributed by atoms with Crippen LogP contribution >= 0.6 is 0 Å². The van der Waals surface area contributed by atoms with Gasteiger partial charge >= 0.3 is 16.2 Å². The summed E-state index contributed by atoms with van der Waals surface area (Å²) in [6.45, 7) is 0.459. The van der Waals surface area contributed by atoms with Crippen molar-refractivity contribution in [3.63, 3.8) is 0 Å². The highest BCUT2D eigenvalue weighted by molar-refractivity contribution is 7.90. The van der Waals surface area contributed by atoms with Gasteiger partial charge in [0.2, 0.25) is 0 Å². The molecule has 0 unspecified atom stereocenters. The van der Waals surface area contributed by atoms with Crippen LogP contribution in [0, 0.1) is 5.92 Å². The van der Waals surface area contributed by atoms with E-state index in [1.165, 1.54) is 8.98 Å². The van der Waals surface area contributed by atoms with Crippen LogP contribution in [0.2, 0.25) is 0 Å². The molecule has 0 amide bonds. The van der Waals surface area contributed by atoms with Crippen molar-refractivity contribution in [1.82, 2.24) is 8.98 Å². The molecular weight excluding hydrogens is 258 g/mol. The molecule has 1 aromatic heterocycles. The van der Waals surface area contributed by atoms with Gasteiger partial charge in [-0.05, 0) is 25.0 Å². The van der Waals surface area contributed by atoms with Gasteiger partial charge in [-0.25, -0.2) is 4.83 Å². The molecule has 1 aliphatic rings. The molecule has 0 radical (unpaired) electrons. The fourth-order valence-electron chi connectivity index (χ4n) is 1.93. The molecule has 18 heavy (non-hydrogen) atoms. The Morgan fingerprint density at radius 1 is 1.22 bits per heavy atom. The minimum atomic E-state index is -3.60. The zero-order valence-corrected chi connectivity index (χ0v) is 10.5. The van der Waals surface area contributed by atoms with Crippen LogP contribution in [0.4, 0.5) is 0 Å². The lowest BCUT2D eigenvalue weighted by molar-refractivity contribution is -0.142. The fourth-order valence-corrected chi connectivity index (χ4v) is 3.12. The van der Waals surface area contributed by atoms with Gasteiger partial charge in [-0.1, -0.05) is 0 Å². The molecule has 0 spiro atoms. The molecule has 8 heteroatoms. The van der Waals surface area contributed by atoms with Crippen molar-refractivity contribution < 1.29 is 18.3 Å². The molecule has 2 rings (SSSR count).